The highest BCUT2D eigenvalue weighted by Crippen LogP contribution is 2.32. The minimum absolute atomic E-state index is 0.596. The first kappa shape index (κ1) is 21.0. The third kappa shape index (κ3) is 7.55. The van der Waals surface area contributed by atoms with Crippen LogP contribution in [0.15, 0.2) is 49.1 Å². The Morgan fingerprint density at radius 1 is 1.08 bits per heavy atom. The molecule has 0 bridgehead atoms. The second kappa shape index (κ2) is 13.2. The second-order valence-electron chi connectivity index (χ2n) is 6.23. The lowest BCUT2D eigenvalue weighted by Gasteiger charge is -2.14. The lowest BCUT2D eigenvalue weighted by Crippen LogP contribution is -1.97. The van der Waals surface area contributed by atoms with E-state index in [4.69, 9.17) is 4.74 Å². The standard InChI is InChI=1S/C23H32O2/c1-4-6-8-9-10-11-13-16-20(15-12-7-5-2)22-18-14-17-21(19-24)23(22)25-3/h5,7,12,14-15,17-19H,2,4,6,8-11,13,16H2,1,3H3. The van der Waals surface area contributed by atoms with E-state index >= 15 is 0 Å². The van der Waals surface area contributed by atoms with Crippen LogP contribution in [0.4, 0.5) is 0 Å². The number of ether oxygens (including phenoxy) is 1. The highest BCUT2D eigenvalue weighted by molar-refractivity contribution is 5.85. The van der Waals surface area contributed by atoms with Crippen LogP contribution < -0.4 is 4.74 Å². The van der Waals surface area contributed by atoms with Crippen LogP contribution in [0.1, 0.15) is 74.2 Å². The first-order valence-corrected chi connectivity index (χ1v) is 9.39. The summed E-state index contributed by atoms with van der Waals surface area (Å²) in [6.07, 6.45) is 18.6. The fraction of sp³-hybridized carbons (Fsp3) is 0.435. The molecule has 1 aromatic carbocycles. The number of para-hydroxylation sites is 1. The molecule has 136 valence electrons. The van der Waals surface area contributed by atoms with Crippen molar-refractivity contribution in [3.8, 4) is 5.75 Å². The topological polar surface area (TPSA) is 26.3 Å². The van der Waals surface area contributed by atoms with E-state index in [-0.39, 0.29) is 0 Å². The van der Waals surface area contributed by atoms with Gasteiger partial charge in [-0.1, -0.05) is 88.5 Å². The molecule has 0 atom stereocenters. The van der Waals surface area contributed by atoms with Crippen LogP contribution in [0.3, 0.4) is 0 Å². The fourth-order valence-electron chi connectivity index (χ4n) is 2.96. The molecule has 0 unspecified atom stereocenters. The molecule has 1 aromatic rings. The Bertz CT molecular complexity index is 582. The number of hydrogen-bond donors (Lipinski definition) is 0. The summed E-state index contributed by atoms with van der Waals surface area (Å²) in [5, 5.41) is 0. The zero-order chi connectivity index (χ0) is 18.3. The van der Waals surface area contributed by atoms with E-state index in [1.165, 1.54) is 44.1 Å². The maximum atomic E-state index is 11.3. The van der Waals surface area contributed by atoms with Gasteiger partial charge in [-0.15, -0.1) is 0 Å². The average Bonchev–Trinajstić information content (AvgIpc) is 2.65. The molecule has 0 amide bonds. The number of aldehydes is 1. The number of unbranched alkanes of at least 4 members (excludes halogenated alkanes) is 6. The van der Waals surface area contributed by atoms with Crippen LogP contribution >= 0.6 is 0 Å². The van der Waals surface area contributed by atoms with E-state index in [1.807, 2.05) is 24.3 Å². The van der Waals surface area contributed by atoms with Crippen LogP contribution in [0, 0.1) is 0 Å². The summed E-state index contributed by atoms with van der Waals surface area (Å²) < 4.78 is 5.51. The molecule has 0 spiro atoms. The molecule has 0 radical (unpaired) electrons. The summed E-state index contributed by atoms with van der Waals surface area (Å²) in [7, 11) is 1.62. The molecule has 0 aliphatic heterocycles. The van der Waals surface area contributed by atoms with E-state index in [9.17, 15) is 4.79 Å². The van der Waals surface area contributed by atoms with Gasteiger partial charge in [-0.3, -0.25) is 4.79 Å². The molecule has 0 aliphatic carbocycles. The van der Waals surface area contributed by atoms with E-state index in [2.05, 4.69) is 19.6 Å². The molecule has 2 heteroatoms. The maximum Gasteiger partial charge on any atom is 0.153 e. The number of rotatable bonds is 13. The van der Waals surface area contributed by atoms with E-state index in [0.29, 0.717) is 11.3 Å². The van der Waals surface area contributed by atoms with Crippen molar-refractivity contribution in [1.29, 1.82) is 0 Å². The summed E-state index contributed by atoms with van der Waals surface area (Å²) in [5.74, 6) is 0.665. The van der Waals surface area contributed by atoms with Gasteiger partial charge in [-0.05, 0) is 24.5 Å². The Balaban J connectivity index is 2.81. The van der Waals surface area contributed by atoms with Gasteiger partial charge in [0.15, 0.2) is 6.29 Å². The maximum absolute atomic E-state index is 11.3. The van der Waals surface area contributed by atoms with Crippen molar-refractivity contribution < 1.29 is 9.53 Å². The van der Waals surface area contributed by atoms with Crippen LogP contribution in [-0.2, 0) is 0 Å². The van der Waals surface area contributed by atoms with E-state index in [0.717, 1.165) is 24.7 Å². The summed E-state index contributed by atoms with van der Waals surface area (Å²) in [5.41, 5.74) is 2.80. The van der Waals surface area contributed by atoms with E-state index in [1.54, 1.807) is 19.3 Å². The SMILES string of the molecule is C=CC=CC=C(CCCCCCCCC)c1cccc(C=O)c1OC. The summed E-state index contributed by atoms with van der Waals surface area (Å²) >= 11 is 0. The number of carbonyl (C=O) groups is 1. The van der Waals surface area contributed by atoms with Gasteiger partial charge in [-0.2, -0.15) is 0 Å². The molecular weight excluding hydrogens is 308 g/mol. The Hall–Kier alpha value is -2.09. The lowest BCUT2D eigenvalue weighted by atomic mass is 9.96. The van der Waals surface area contributed by atoms with Crippen molar-refractivity contribution in [3.63, 3.8) is 0 Å². The Morgan fingerprint density at radius 3 is 2.44 bits per heavy atom. The quantitative estimate of drug-likeness (QED) is 0.225. The van der Waals surface area contributed by atoms with Gasteiger partial charge < -0.3 is 4.74 Å². The van der Waals surface area contributed by atoms with Crippen molar-refractivity contribution in [1.82, 2.24) is 0 Å². The zero-order valence-electron chi connectivity index (χ0n) is 15.8. The predicted octanol–water partition coefficient (Wildman–Crippen LogP) is 6.77. The van der Waals surface area contributed by atoms with Crippen LogP contribution in [0.2, 0.25) is 0 Å². The molecule has 1 rings (SSSR count). The van der Waals surface area contributed by atoms with Gasteiger partial charge >= 0.3 is 0 Å². The third-order valence-corrected chi connectivity index (χ3v) is 4.32. The van der Waals surface area contributed by atoms with Crippen molar-refractivity contribution >= 4 is 11.9 Å². The monoisotopic (exact) mass is 340 g/mol. The normalized spacial score (nSPS) is 11.7. The predicted molar refractivity (Wildman–Crippen MR) is 108 cm³/mol. The van der Waals surface area contributed by atoms with Gasteiger partial charge in [0, 0.05) is 5.56 Å². The number of hydrogen-bond acceptors (Lipinski definition) is 2. The summed E-state index contributed by atoms with van der Waals surface area (Å²) in [4.78, 5) is 11.3. The lowest BCUT2D eigenvalue weighted by molar-refractivity contribution is 0.112. The first-order chi connectivity index (χ1) is 12.3. The first-order valence-electron chi connectivity index (χ1n) is 9.39. The molecule has 0 saturated heterocycles. The number of allylic oxidation sites excluding steroid dienone is 5. The van der Waals surface area contributed by atoms with Crippen molar-refractivity contribution in [2.24, 2.45) is 0 Å². The van der Waals surface area contributed by atoms with Crippen molar-refractivity contribution in [3.05, 3.63) is 60.2 Å². The zero-order valence-corrected chi connectivity index (χ0v) is 15.8. The molecule has 0 N–H and O–H groups in total. The molecule has 0 aliphatic rings. The van der Waals surface area contributed by atoms with Crippen molar-refractivity contribution in [2.45, 2.75) is 58.3 Å². The molecular formula is C23H32O2. The third-order valence-electron chi connectivity index (χ3n) is 4.32. The van der Waals surface area contributed by atoms with Gasteiger partial charge in [-0.25, -0.2) is 0 Å². The summed E-state index contributed by atoms with van der Waals surface area (Å²) in [6, 6.07) is 5.73. The van der Waals surface area contributed by atoms with Crippen LogP contribution in [0.25, 0.3) is 5.57 Å². The smallest absolute Gasteiger partial charge is 0.153 e. The highest BCUT2D eigenvalue weighted by atomic mass is 16.5. The minimum Gasteiger partial charge on any atom is -0.495 e. The molecule has 0 saturated carbocycles. The average molecular weight is 341 g/mol. The molecule has 0 fully saturated rings. The van der Waals surface area contributed by atoms with Gasteiger partial charge in [0.25, 0.3) is 0 Å². The Morgan fingerprint density at radius 2 is 1.80 bits per heavy atom. The number of carbonyl (C=O) groups excluding carboxylic acids is 1. The number of benzene rings is 1. The van der Waals surface area contributed by atoms with Crippen molar-refractivity contribution in [2.75, 3.05) is 7.11 Å². The van der Waals surface area contributed by atoms with Gasteiger partial charge in [0.05, 0.1) is 12.7 Å². The minimum atomic E-state index is 0.596. The Kier molecular flexibility index (Phi) is 11.1. The molecule has 0 heterocycles. The van der Waals surface area contributed by atoms with E-state index < -0.39 is 0 Å². The summed E-state index contributed by atoms with van der Waals surface area (Å²) in [6.45, 7) is 5.96. The highest BCUT2D eigenvalue weighted by Gasteiger charge is 2.12. The largest absolute Gasteiger partial charge is 0.495 e. The molecule has 2 nitrogen and oxygen atoms in total. The fourth-order valence-corrected chi connectivity index (χ4v) is 2.96. The van der Waals surface area contributed by atoms with Crippen LogP contribution in [0.5, 0.6) is 5.75 Å². The second-order valence-corrected chi connectivity index (χ2v) is 6.23. The number of methoxy groups -OCH3 is 1. The van der Waals surface area contributed by atoms with Gasteiger partial charge in [0.1, 0.15) is 5.75 Å². The molecule has 25 heavy (non-hydrogen) atoms. The molecule has 0 aromatic heterocycles. The Labute approximate surface area is 153 Å². The van der Waals surface area contributed by atoms with Gasteiger partial charge in [0.2, 0.25) is 0 Å². The van der Waals surface area contributed by atoms with Crippen LogP contribution in [-0.4, -0.2) is 13.4 Å².